The lowest BCUT2D eigenvalue weighted by molar-refractivity contribution is -0.138. The quantitative estimate of drug-likeness (QED) is 0.504. The lowest BCUT2D eigenvalue weighted by atomic mass is 10.3. The van der Waals surface area contributed by atoms with E-state index >= 15 is 0 Å². The van der Waals surface area contributed by atoms with Gasteiger partial charge in [0.15, 0.2) is 0 Å². The number of benzene rings is 1. The maximum Gasteiger partial charge on any atom is 0.325 e. The fourth-order valence-corrected chi connectivity index (χ4v) is 2.20. The number of carbonyl (C=O) groups is 1. The highest BCUT2D eigenvalue weighted by atomic mass is 32.2. The van der Waals surface area contributed by atoms with Gasteiger partial charge in [0.05, 0.1) is 12.8 Å². The Labute approximate surface area is 105 Å². The van der Waals surface area contributed by atoms with Crippen LogP contribution in [0.2, 0.25) is 0 Å². The Kier molecular flexibility index (Phi) is 4.51. The van der Waals surface area contributed by atoms with E-state index in [9.17, 15) is 13.2 Å². The van der Waals surface area contributed by atoms with E-state index in [1.165, 1.54) is 32.4 Å². The van der Waals surface area contributed by atoms with Crippen molar-refractivity contribution in [1.82, 2.24) is 4.72 Å². The lowest BCUT2D eigenvalue weighted by Gasteiger charge is -2.12. The summed E-state index contributed by atoms with van der Waals surface area (Å²) in [6.07, 6.45) is 0. The van der Waals surface area contributed by atoms with Gasteiger partial charge < -0.3 is 15.8 Å². The smallest absolute Gasteiger partial charge is 0.325 e. The molecule has 0 saturated heterocycles. The number of methoxy groups -OCH3 is 1. The molecule has 0 aliphatic rings. The van der Waals surface area contributed by atoms with E-state index in [4.69, 9.17) is 5.73 Å². The average molecular weight is 273 g/mol. The van der Waals surface area contributed by atoms with Crippen molar-refractivity contribution in [2.24, 2.45) is 0 Å². The minimum Gasteiger partial charge on any atom is -0.468 e. The molecule has 0 heterocycles. The lowest BCUT2D eigenvalue weighted by Crippen LogP contribution is -2.22. The van der Waals surface area contributed by atoms with Gasteiger partial charge >= 0.3 is 5.97 Å². The van der Waals surface area contributed by atoms with E-state index in [0.717, 1.165) is 0 Å². The summed E-state index contributed by atoms with van der Waals surface area (Å²) in [5, 5.41) is 2.68. The number of ether oxygens (including phenoxy) is 1. The van der Waals surface area contributed by atoms with Crippen LogP contribution in [0.1, 0.15) is 0 Å². The molecule has 7 nitrogen and oxygen atoms in total. The number of anilines is 2. The van der Waals surface area contributed by atoms with Crippen LogP contribution in [0.25, 0.3) is 0 Å². The Morgan fingerprint density at radius 3 is 2.67 bits per heavy atom. The van der Waals surface area contributed by atoms with Crippen molar-refractivity contribution in [2.75, 3.05) is 31.8 Å². The highest BCUT2D eigenvalue weighted by Gasteiger charge is 2.17. The summed E-state index contributed by atoms with van der Waals surface area (Å²) >= 11 is 0. The number of carbonyl (C=O) groups excluding carboxylic acids is 1. The van der Waals surface area contributed by atoms with E-state index in [1.54, 1.807) is 0 Å². The van der Waals surface area contributed by atoms with Gasteiger partial charge in [0.25, 0.3) is 0 Å². The minimum atomic E-state index is -3.65. The molecular weight excluding hydrogens is 258 g/mol. The largest absolute Gasteiger partial charge is 0.468 e. The van der Waals surface area contributed by atoms with Crippen LogP contribution >= 0.6 is 0 Å². The number of nitrogen functional groups attached to an aromatic ring is 1. The SMILES string of the molecule is CNS(=O)(=O)c1cc(N)ccc1NCC(=O)OC. The second kappa shape index (κ2) is 5.69. The first-order chi connectivity index (χ1) is 8.40. The Bertz CT molecular complexity index is 542. The third kappa shape index (κ3) is 3.34. The van der Waals surface area contributed by atoms with Crippen LogP contribution in [0.3, 0.4) is 0 Å². The number of sulfonamides is 1. The molecule has 4 N–H and O–H groups in total. The molecule has 0 fully saturated rings. The van der Waals surface area contributed by atoms with Crippen LogP contribution < -0.4 is 15.8 Å². The van der Waals surface area contributed by atoms with Crippen molar-refractivity contribution in [3.05, 3.63) is 18.2 Å². The van der Waals surface area contributed by atoms with Gasteiger partial charge in [0, 0.05) is 5.69 Å². The van der Waals surface area contributed by atoms with Gasteiger partial charge in [0.2, 0.25) is 10.0 Å². The molecule has 0 aliphatic heterocycles. The van der Waals surface area contributed by atoms with E-state index in [-0.39, 0.29) is 17.1 Å². The Morgan fingerprint density at radius 2 is 2.11 bits per heavy atom. The second-order valence-corrected chi connectivity index (χ2v) is 5.25. The summed E-state index contributed by atoms with van der Waals surface area (Å²) < 4.78 is 30.2. The molecule has 100 valence electrons. The van der Waals surface area contributed by atoms with Gasteiger partial charge in [-0.25, -0.2) is 13.1 Å². The molecule has 0 spiro atoms. The van der Waals surface area contributed by atoms with Crippen molar-refractivity contribution < 1.29 is 17.9 Å². The maximum atomic E-state index is 11.8. The summed E-state index contributed by atoms with van der Waals surface area (Å²) in [6.45, 7) is -0.132. The Hall–Kier alpha value is -1.80. The molecule has 0 unspecified atom stereocenters. The summed E-state index contributed by atoms with van der Waals surface area (Å²) in [4.78, 5) is 11.0. The average Bonchev–Trinajstić information content (AvgIpc) is 2.36. The summed E-state index contributed by atoms with van der Waals surface area (Å²) in [6, 6.07) is 4.34. The third-order valence-electron chi connectivity index (χ3n) is 2.21. The third-order valence-corrected chi connectivity index (χ3v) is 3.67. The summed E-state index contributed by atoms with van der Waals surface area (Å²) in [7, 11) is -1.11. The van der Waals surface area contributed by atoms with Gasteiger partial charge in [-0.1, -0.05) is 0 Å². The molecule has 1 rings (SSSR count). The highest BCUT2D eigenvalue weighted by Crippen LogP contribution is 2.23. The van der Waals surface area contributed by atoms with E-state index < -0.39 is 16.0 Å². The second-order valence-electron chi connectivity index (χ2n) is 3.39. The predicted molar refractivity (Wildman–Crippen MR) is 67.6 cm³/mol. The zero-order valence-corrected chi connectivity index (χ0v) is 10.9. The number of hydrogen-bond donors (Lipinski definition) is 3. The van der Waals surface area contributed by atoms with Gasteiger partial charge in [-0.15, -0.1) is 0 Å². The van der Waals surface area contributed by atoms with Crippen molar-refractivity contribution in [1.29, 1.82) is 0 Å². The highest BCUT2D eigenvalue weighted by molar-refractivity contribution is 7.89. The van der Waals surface area contributed by atoms with Crippen LogP contribution in [0, 0.1) is 0 Å². The normalized spacial score (nSPS) is 11.0. The van der Waals surface area contributed by atoms with Gasteiger partial charge in [0.1, 0.15) is 11.4 Å². The van der Waals surface area contributed by atoms with Gasteiger partial charge in [-0.2, -0.15) is 0 Å². The fraction of sp³-hybridized carbons (Fsp3) is 0.300. The van der Waals surface area contributed by atoms with Crippen molar-refractivity contribution in [3.63, 3.8) is 0 Å². The molecule has 18 heavy (non-hydrogen) atoms. The number of rotatable bonds is 5. The topological polar surface area (TPSA) is 111 Å². The molecule has 1 aromatic carbocycles. The standard InChI is InChI=1S/C10H15N3O4S/c1-12-18(15,16)9-5-7(11)3-4-8(9)13-6-10(14)17-2/h3-5,12-13H,6,11H2,1-2H3. The molecule has 0 amide bonds. The molecule has 0 aliphatic carbocycles. The Morgan fingerprint density at radius 1 is 1.44 bits per heavy atom. The molecule has 0 atom stereocenters. The zero-order chi connectivity index (χ0) is 13.8. The molecular formula is C10H15N3O4S. The van der Waals surface area contributed by atoms with Crippen molar-refractivity contribution in [2.45, 2.75) is 4.90 Å². The first-order valence-electron chi connectivity index (χ1n) is 5.04. The van der Waals surface area contributed by atoms with E-state index in [0.29, 0.717) is 5.69 Å². The zero-order valence-electron chi connectivity index (χ0n) is 10.1. The van der Waals surface area contributed by atoms with Crippen LogP contribution in [-0.4, -0.2) is 35.1 Å². The van der Waals surface area contributed by atoms with Crippen molar-refractivity contribution >= 4 is 27.4 Å². The Balaban J connectivity index is 3.08. The maximum absolute atomic E-state index is 11.8. The number of hydrogen-bond acceptors (Lipinski definition) is 6. The molecule has 0 bridgehead atoms. The fourth-order valence-electron chi connectivity index (χ4n) is 1.26. The van der Waals surface area contributed by atoms with Crippen LogP contribution in [0.5, 0.6) is 0 Å². The van der Waals surface area contributed by atoms with Crippen LogP contribution in [-0.2, 0) is 19.6 Å². The van der Waals surface area contributed by atoms with Crippen molar-refractivity contribution in [3.8, 4) is 0 Å². The summed E-state index contributed by atoms with van der Waals surface area (Å²) in [5.74, 6) is -0.500. The molecule has 1 aromatic rings. The van der Waals surface area contributed by atoms with Crippen LogP contribution in [0.15, 0.2) is 23.1 Å². The number of nitrogens with two attached hydrogens (primary N) is 1. The minimum absolute atomic E-state index is 0.0195. The van der Waals surface area contributed by atoms with E-state index in [2.05, 4.69) is 14.8 Å². The van der Waals surface area contributed by atoms with Gasteiger partial charge in [-0.3, -0.25) is 4.79 Å². The number of nitrogens with one attached hydrogen (secondary N) is 2. The number of esters is 1. The summed E-state index contributed by atoms with van der Waals surface area (Å²) in [5.41, 5.74) is 6.14. The molecule has 0 saturated carbocycles. The molecule has 8 heteroatoms. The predicted octanol–water partition coefficient (Wildman–Crippen LogP) is -0.238. The van der Waals surface area contributed by atoms with Gasteiger partial charge in [-0.05, 0) is 25.2 Å². The first-order valence-corrected chi connectivity index (χ1v) is 6.53. The first kappa shape index (κ1) is 14.3. The molecule has 0 aromatic heterocycles. The van der Waals surface area contributed by atoms with E-state index in [1.807, 2.05) is 0 Å². The van der Waals surface area contributed by atoms with Crippen LogP contribution in [0.4, 0.5) is 11.4 Å². The monoisotopic (exact) mass is 273 g/mol. The molecule has 0 radical (unpaired) electrons.